The van der Waals surface area contributed by atoms with Crippen LogP contribution in [0.25, 0.3) is 11.4 Å². The number of H-pyrrole nitrogens is 1. The van der Waals surface area contributed by atoms with Gasteiger partial charge in [0.2, 0.25) is 11.9 Å². The maximum atomic E-state index is 11.7. The Balaban J connectivity index is 1.38. The van der Waals surface area contributed by atoms with Crippen LogP contribution in [0.1, 0.15) is 31.4 Å². The number of rotatable bonds is 8. The molecule has 172 valence electrons. The first kappa shape index (κ1) is 21.4. The van der Waals surface area contributed by atoms with E-state index in [9.17, 15) is 4.79 Å². The number of anilines is 5. The molecule has 10 nitrogen and oxygen atoms in total. The molecule has 4 aromatic rings. The summed E-state index contributed by atoms with van der Waals surface area (Å²) in [6.07, 6.45) is 2.38. The van der Waals surface area contributed by atoms with Crippen LogP contribution in [-0.2, 0) is 0 Å². The highest BCUT2D eigenvalue weighted by Gasteiger charge is 2.25. The Morgan fingerprint density at radius 1 is 0.941 bits per heavy atom. The van der Waals surface area contributed by atoms with Gasteiger partial charge in [0.05, 0.1) is 0 Å². The number of aromatic nitrogens is 5. The molecule has 0 aliphatic heterocycles. The van der Waals surface area contributed by atoms with Crippen molar-refractivity contribution in [3.63, 3.8) is 0 Å². The molecule has 2 heterocycles. The number of benzene rings is 2. The van der Waals surface area contributed by atoms with Gasteiger partial charge < -0.3 is 21.3 Å². The van der Waals surface area contributed by atoms with Gasteiger partial charge in [-0.05, 0) is 44.0 Å². The predicted octanol–water partition coefficient (Wildman–Crippen LogP) is 4.77. The van der Waals surface area contributed by atoms with Crippen molar-refractivity contribution in [1.82, 2.24) is 30.5 Å². The highest BCUT2D eigenvalue weighted by Crippen LogP contribution is 2.39. The monoisotopic (exact) mass is 455 g/mol. The van der Waals surface area contributed by atoms with Crippen LogP contribution in [0.5, 0.6) is 0 Å². The first-order valence-electron chi connectivity index (χ1n) is 11.2. The lowest BCUT2D eigenvalue weighted by molar-refractivity contribution is 0.252. The summed E-state index contributed by atoms with van der Waals surface area (Å²) in [6.45, 7) is 2.43. The van der Waals surface area contributed by atoms with Gasteiger partial charge in [-0.15, -0.1) is 0 Å². The van der Waals surface area contributed by atoms with Crippen LogP contribution in [-0.4, -0.2) is 37.7 Å². The fourth-order valence-corrected chi connectivity index (χ4v) is 3.42. The van der Waals surface area contributed by atoms with E-state index in [4.69, 9.17) is 0 Å². The standard InChI is InChI=1S/C24H25N9O/c1-2-25-24(34)27-18-12-10-17(11-13-18)26-22-29-21(16-6-4-3-5-7-16)30-23(31-22)28-20-14-19(32-33-20)15-8-9-15/h3-7,10-15H,2,8-9H2,1H3,(H2,25,27,34)(H3,26,28,29,30,31,32,33). The number of carbonyl (C=O) groups excluding carboxylic acids is 1. The SMILES string of the molecule is CCNC(=O)Nc1ccc(Nc2nc(Nc3cc(C4CC4)[nH]n3)nc(-c3ccccc3)n2)cc1. The predicted molar refractivity (Wildman–Crippen MR) is 132 cm³/mol. The van der Waals surface area contributed by atoms with Gasteiger partial charge in [-0.1, -0.05) is 30.3 Å². The number of aromatic amines is 1. The van der Waals surface area contributed by atoms with Crippen molar-refractivity contribution >= 4 is 35.1 Å². The molecule has 0 unspecified atom stereocenters. The van der Waals surface area contributed by atoms with Crippen LogP contribution in [0.4, 0.5) is 33.9 Å². The summed E-state index contributed by atoms with van der Waals surface area (Å²) >= 11 is 0. The molecule has 2 aromatic carbocycles. The topological polar surface area (TPSA) is 133 Å². The van der Waals surface area contributed by atoms with Crippen molar-refractivity contribution in [2.24, 2.45) is 0 Å². The zero-order valence-electron chi connectivity index (χ0n) is 18.7. The number of nitrogens with zero attached hydrogens (tertiary/aromatic N) is 4. The summed E-state index contributed by atoms with van der Waals surface area (Å²) in [5.41, 5.74) is 3.45. The summed E-state index contributed by atoms with van der Waals surface area (Å²) in [5.74, 6) is 2.55. The summed E-state index contributed by atoms with van der Waals surface area (Å²) in [7, 11) is 0. The van der Waals surface area contributed by atoms with Crippen LogP contribution < -0.4 is 21.3 Å². The number of nitrogens with one attached hydrogen (secondary N) is 5. The third-order valence-electron chi connectivity index (χ3n) is 5.26. The normalized spacial score (nSPS) is 12.7. The van der Waals surface area contributed by atoms with Crippen molar-refractivity contribution in [1.29, 1.82) is 0 Å². The molecule has 0 saturated heterocycles. The van der Waals surface area contributed by atoms with Crippen molar-refractivity contribution in [3.8, 4) is 11.4 Å². The molecule has 1 aliphatic carbocycles. The second-order valence-electron chi connectivity index (χ2n) is 7.97. The Bertz CT molecular complexity index is 1270. The van der Waals surface area contributed by atoms with Gasteiger partial charge in [0.25, 0.3) is 0 Å². The largest absolute Gasteiger partial charge is 0.338 e. The van der Waals surface area contributed by atoms with Crippen LogP contribution in [0, 0.1) is 0 Å². The average molecular weight is 456 g/mol. The third kappa shape index (κ3) is 5.29. The lowest BCUT2D eigenvalue weighted by Gasteiger charge is -2.10. The van der Waals surface area contributed by atoms with Crippen molar-refractivity contribution < 1.29 is 4.79 Å². The quantitative estimate of drug-likeness (QED) is 0.258. The number of urea groups is 1. The molecular formula is C24H25N9O. The van der Waals surface area contributed by atoms with E-state index < -0.39 is 0 Å². The van der Waals surface area contributed by atoms with E-state index >= 15 is 0 Å². The van der Waals surface area contributed by atoms with E-state index in [-0.39, 0.29) is 6.03 Å². The van der Waals surface area contributed by atoms with Gasteiger partial charge in [0.15, 0.2) is 11.6 Å². The zero-order valence-corrected chi connectivity index (χ0v) is 18.7. The van der Waals surface area contributed by atoms with E-state index in [1.54, 1.807) is 12.1 Å². The fourth-order valence-electron chi connectivity index (χ4n) is 3.42. The van der Waals surface area contributed by atoms with E-state index in [2.05, 4.69) is 46.4 Å². The minimum atomic E-state index is -0.243. The summed E-state index contributed by atoms with van der Waals surface area (Å²) in [6, 6.07) is 18.8. The van der Waals surface area contributed by atoms with Crippen molar-refractivity contribution in [2.45, 2.75) is 25.7 Å². The summed E-state index contributed by atoms with van der Waals surface area (Å²) < 4.78 is 0. The van der Waals surface area contributed by atoms with E-state index in [1.165, 1.54) is 12.8 Å². The maximum absolute atomic E-state index is 11.7. The Morgan fingerprint density at radius 3 is 2.35 bits per heavy atom. The molecule has 1 saturated carbocycles. The number of hydrogen-bond donors (Lipinski definition) is 5. The highest BCUT2D eigenvalue weighted by atomic mass is 16.2. The van der Waals surface area contributed by atoms with Crippen LogP contribution in [0.3, 0.4) is 0 Å². The smallest absolute Gasteiger partial charge is 0.319 e. The molecule has 1 fully saturated rings. The molecular weight excluding hydrogens is 430 g/mol. The lowest BCUT2D eigenvalue weighted by Crippen LogP contribution is -2.28. The minimum Gasteiger partial charge on any atom is -0.338 e. The average Bonchev–Trinajstić information content (AvgIpc) is 3.60. The Hall–Kier alpha value is -4.47. The summed E-state index contributed by atoms with van der Waals surface area (Å²) in [5, 5.41) is 19.3. The Morgan fingerprint density at radius 2 is 1.65 bits per heavy atom. The van der Waals surface area contributed by atoms with E-state index in [0.29, 0.717) is 41.7 Å². The molecule has 0 radical (unpaired) electrons. The van der Waals surface area contributed by atoms with Gasteiger partial charge in [0.1, 0.15) is 0 Å². The molecule has 5 N–H and O–H groups in total. The Labute approximate surface area is 196 Å². The van der Waals surface area contributed by atoms with Gasteiger partial charge >= 0.3 is 6.03 Å². The van der Waals surface area contributed by atoms with Gasteiger partial charge in [-0.3, -0.25) is 5.10 Å². The number of carbonyl (C=O) groups is 1. The molecule has 1 aliphatic rings. The van der Waals surface area contributed by atoms with Gasteiger partial charge in [0, 0.05) is 41.2 Å². The molecule has 0 bridgehead atoms. The van der Waals surface area contributed by atoms with Gasteiger partial charge in [-0.2, -0.15) is 20.1 Å². The lowest BCUT2D eigenvalue weighted by atomic mass is 10.2. The molecule has 2 amide bonds. The molecule has 5 rings (SSSR count). The fraction of sp³-hybridized carbons (Fsp3) is 0.208. The first-order chi connectivity index (χ1) is 16.7. The van der Waals surface area contributed by atoms with Crippen LogP contribution >= 0.6 is 0 Å². The van der Waals surface area contributed by atoms with E-state index in [1.807, 2.05) is 55.5 Å². The molecule has 2 aromatic heterocycles. The first-order valence-corrected chi connectivity index (χ1v) is 11.2. The maximum Gasteiger partial charge on any atom is 0.319 e. The minimum absolute atomic E-state index is 0.243. The highest BCUT2D eigenvalue weighted by molar-refractivity contribution is 5.89. The third-order valence-corrected chi connectivity index (χ3v) is 5.26. The zero-order chi connectivity index (χ0) is 23.3. The number of amides is 2. The second-order valence-corrected chi connectivity index (χ2v) is 7.97. The van der Waals surface area contributed by atoms with Gasteiger partial charge in [-0.25, -0.2) is 4.79 Å². The number of hydrogen-bond acceptors (Lipinski definition) is 7. The van der Waals surface area contributed by atoms with Crippen molar-refractivity contribution in [3.05, 3.63) is 66.4 Å². The molecule has 0 spiro atoms. The molecule has 10 heteroatoms. The van der Waals surface area contributed by atoms with E-state index in [0.717, 1.165) is 16.9 Å². The second kappa shape index (κ2) is 9.57. The van der Waals surface area contributed by atoms with Crippen LogP contribution in [0.2, 0.25) is 0 Å². The van der Waals surface area contributed by atoms with Crippen molar-refractivity contribution in [2.75, 3.05) is 22.5 Å². The molecule has 0 atom stereocenters. The Kier molecular flexibility index (Phi) is 6.02. The molecule has 34 heavy (non-hydrogen) atoms. The summed E-state index contributed by atoms with van der Waals surface area (Å²) in [4.78, 5) is 25.4. The van der Waals surface area contributed by atoms with Crippen LogP contribution in [0.15, 0.2) is 60.7 Å².